The minimum absolute atomic E-state index is 0.417. The van der Waals surface area contributed by atoms with Crippen LogP contribution in [0.4, 0.5) is 13.2 Å². The van der Waals surface area contributed by atoms with E-state index in [1.54, 1.807) is 0 Å². The SMILES string of the molecule is Cc1c(C(F)F)cnc(F)c1S(N)(=O)=O. The van der Waals surface area contributed by atoms with Gasteiger partial charge in [0.05, 0.1) is 0 Å². The van der Waals surface area contributed by atoms with Crippen LogP contribution < -0.4 is 5.14 Å². The molecule has 4 nitrogen and oxygen atoms in total. The Morgan fingerprint density at radius 1 is 1.47 bits per heavy atom. The Morgan fingerprint density at radius 3 is 2.40 bits per heavy atom. The summed E-state index contributed by atoms with van der Waals surface area (Å²) in [7, 11) is -4.39. The first kappa shape index (κ1) is 11.9. The molecule has 0 atom stereocenters. The van der Waals surface area contributed by atoms with E-state index >= 15 is 0 Å². The largest absolute Gasteiger partial charge is 0.265 e. The van der Waals surface area contributed by atoms with Crippen LogP contribution in [0.1, 0.15) is 17.6 Å². The molecular weight excluding hydrogens is 233 g/mol. The number of nitrogens with two attached hydrogens (primary N) is 1. The fourth-order valence-electron chi connectivity index (χ4n) is 1.12. The average Bonchev–Trinajstić information content (AvgIpc) is 2.00. The van der Waals surface area contributed by atoms with Crippen LogP contribution in [-0.2, 0) is 10.0 Å². The van der Waals surface area contributed by atoms with Crippen molar-refractivity contribution < 1.29 is 21.6 Å². The van der Waals surface area contributed by atoms with Gasteiger partial charge in [-0.1, -0.05) is 0 Å². The van der Waals surface area contributed by atoms with E-state index in [-0.39, 0.29) is 0 Å². The van der Waals surface area contributed by atoms with Crippen molar-refractivity contribution in [3.8, 4) is 0 Å². The number of hydrogen-bond acceptors (Lipinski definition) is 3. The molecular formula is C7H7F3N2O2S. The van der Waals surface area contributed by atoms with E-state index in [1.165, 1.54) is 0 Å². The highest BCUT2D eigenvalue weighted by atomic mass is 32.2. The maximum Gasteiger partial charge on any atom is 0.265 e. The highest BCUT2D eigenvalue weighted by Crippen LogP contribution is 2.26. The Morgan fingerprint density at radius 2 is 2.00 bits per heavy atom. The third kappa shape index (κ3) is 2.26. The van der Waals surface area contributed by atoms with Gasteiger partial charge in [0.2, 0.25) is 16.0 Å². The molecule has 2 N–H and O–H groups in total. The third-order valence-corrected chi connectivity index (χ3v) is 2.84. The fourth-order valence-corrected chi connectivity index (χ4v) is 1.95. The van der Waals surface area contributed by atoms with E-state index in [0.717, 1.165) is 6.92 Å². The lowest BCUT2D eigenvalue weighted by Gasteiger charge is -2.08. The zero-order valence-corrected chi connectivity index (χ0v) is 8.35. The van der Waals surface area contributed by atoms with Gasteiger partial charge < -0.3 is 0 Å². The van der Waals surface area contributed by atoms with E-state index in [0.29, 0.717) is 6.20 Å². The van der Waals surface area contributed by atoms with Crippen molar-refractivity contribution in [1.29, 1.82) is 0 Å². The van der Waals surface area contributed by atoms with Crippen LogP contribution >= 0.6 is 0 Å². The first-order chi connectivity index (χ1) is 6.75. The fraction of sp³-hybridized carbons (Fsp3) is 0.286. The summed E-state index contributed by atoms with van der Waals surface area (Å²) in [6.45, 7) is 1.05. The molecule has 0 bridgehead atoms. The summed E-state index contributed by atoms with van der Waals surface area (Å²) in [6.07, 6.45) is -2.34. The summed E-state index contributed by atoms with van der Waals surface area (Å²) in [5.41, 5.74) is -1.07. The Bertz CT molecular complexity index is 487. The van der Waals surface area contributed by atoms with Gasteiger partial charge in [0, 0.05) is 11.8 Å². The van der Waals surface area contributed by atoms with Gasteiger partial charge in [-0.2, -0.15) is 4.39 Å². The lowest BCUT2D eigenvalue weighted by molar-refractivity contribution is 0.149. The highest BCUT2D eigenvalue weighted by Gasteiger charge is 2.24. The van der Waals surface area contributed by atoms with Gasteiger partial charge in [-0.25, -0.2) is 27.3 Å². The molecule has 0 unspecified atom stereocenters. The summed E-state index contributed by atoms with van der Waals surface area (Å²) in [4.78, 5) is 1.94. The molecule has 0 saturated carbocycles. The first-order valence-corrected chi connectivity index (χ1v) is 5.25. The maximum absolute atomic E-state index is 13.0. The third-order valence-electron chi connectivity index (χ3n) is 1.80. The van der Waals surface area contributed by atoms with Crippen LogP contribution in [0, 0.1) is 12.9 Å². The summed E-state index contributed by atoms with van der Waals surface area (Å²) >= 11 is 0. The molecule has 0 fully saturated rings. The second-order valence-corrected chi connectivity index (χ2v) is 4.30. The quantitative estimate of drug-likeness (QED) is 0.787. The predicted octanol–water partition coefficient (Wildman–Crippen LogP) is 1.11. The molecule has 1 aromatic rings. The van der Waals surface area contributed by atoms with Gasteiger partial charge in [0.1, 0.15) is 4.90 Å². The van der Waals surface area contributed by atoms with Crippen molar-refractivity contribution in [2.75, 3.05) is 0 Å². The van der Waals surface area contributed by atoms with Gasteiger partial charge in [0.25, 0.3) is 6.43 Å². The van der Waals surface area contributed by atoms with Crippen LogP contribution in [0.2, 0.25) is 0 Å². The molecule has 0 aliphatic carbocycles. The van der Waals surface area contributed by atoms with Crippen LogP contribution in [0.25, 0.3) is 0 Å². The van der Waals surface area contributed by atoms with Crippen LogP contribution in [0.5, 0.6) is 0 Å². The van der Waals surface area contributed by atoms with Gasteiger partial charge in [-0.3, -0.25) is 0 Å². The molecule has 15 heavy (non-hydrogen) atoms. The van der Waals surface area contributed by atoms with Gasteiger partial charge >= 0.3 is 0 Å². The number of hydrogen-bond donors (Lipinski definition) is 1. The van der Waals surface area contributed by atoms with Crippen LogP contribution in [-0.4, -0.2) is 13.4 Å². The summed E-state index contributed by atoms with van der Waals surface area (Å²) in [5, 5.41) is 4.67. The second-order valence-electron chi connectivity index (χ2n) is 2.80. The topological polar surface area (TPSA) is 73.0 Å². The molecule has 0 radical (unpaired) electrons. The van der Waals surface area contributed by atoms with Crippen molar-refractivity contribution in [2.45, 2.75) is 18.2 Å². The van der Waals surface area contributed by atoms with Crippen molar-refractivity contribution in [3.63, 3.8) is 0 Å². The summed E-state index contributed by atoms with van der Waals surface area (Å²) in [5.74, 6) is -1.38. The minimum Gasteiger partial charge on any atom is -0.227 e. The molecule has 84 valence electrons. The molecule has 0 aliphatic heterocycles. The molecule has 1 rings (SSSR count). The molecule has 0 aliphatic rings. The maximum atomic E-state index is 13.0. The Balaban J connectivity index is 3.59. The molecule has 0 saturated heterocycles. The van der Waals surface area contributed by atoms with Gasteiger partial charge in [-0.15, -0.1) is 0 Å². The number of nitrogens with zero attached hydrogens (tertiary/aromatic N) is 1. The minimum atomic E-state index is -4.39. The average molecular weight is 240 g/mol. The molecule has 0 amide bonds. The van der Waals surface area contributed by atoms with E-state index < -0.39 is 38.4 Å². The smallest absolute Gasteiger partial charge is 0.227 e. The molecule has 1 heterocycles. The molecule has 1 aromatic heterocycles. The van der Waals surface area contributed by atoms with Crippen molar-refractivity contribution in [2.24, 2.45) is 5.14 Å². The monoisotopic (exact) mass is 240 g/mol. The standard InChI is InChI=1S/C7H7F3N2O2S/c1-3-4(6(8)9)2-12-7(10)5(3)15(11,13)14/h2,6H,1H3,(H2,11,13,14). The number of aromatic nitrogens is 1. The Kier molecular flexibility index (Phi) is 3.00. The molecule has 0 spiro atoms. The van der Waals surface area contributed by atoms with E-state index in [4.69, 9.17) is 0 Å². The van der Waals surface area contributed by atoms with Crippen LogP contribution in [0.3, 0.4) is 0 Å². The van der Waals surface area contributed by atoms with E-state index in [1.807, 2.05) is 0 Å². The number of alkyl halides is 2. The molecule has 0 aromatic carbocycles. The number of primary sulfonamides is 1. The van der Waals surface area contributed by atoms with Crippen LogP contribution in [0.15, 0.2) is 11.1 Å². The predicted molar refractivity (Wildman–Crippen MR) is 45.3 cm³/mol. The van der Waals surface area contributed by atoms with Crippen molar-refractivity contribution in [3.05, 3.63) is 23.3 Å². The summed E-state index contributed by atoms with van der Waals surface area (Å²) in [6, 6.07) is 0. The number of halogens is 3. The summed E-state index contributed by atoms with van der Waals surface area (Å²) < 4.78 is 59.4. The number of pyridine rings is 1. The number of rotatable bonds is 2. The zero-order valence-electron chi connectivity index (χ0n) is 7.54. The lowest BCUT2D eigenvalue weighted by atomic mass is 10.2. The lowest BCUT2D eigenvalue weighted by Crippen LogP contribution is -2.17. The van der Waals surface area contributed by atoms with E-state index in [2.05, 4.69) is 10.1 Å². The Hall–Kier alpha value is -1.15. The van der Waals surface area contributed by atoms with Gasteiger partial charge in [-0.05, 0) is 12.5 Å². The zero-order chi connectivity index (χ0) is 11.8. The van der Waals surface area contributed by atoms with Gasteiger partial charge in [0.15, 0.2) is 0 Å². The number of sulfonamides is 1. The first-order valence-electron chi connectivity index (χ1n) is 3.71. The molecule has 8 heteroatoms. The van der Waals surface area contributed by atoms with E-state index in [9.17, 15) is 21.6 Å². The Labute approximate surface area is 84.0 Å². The van der Waals surface area contributed by atoms with Crippen molar-refractivity contribution in [1.82, 2.24) is 4.98 Å². The highest BCUT2D eigenvalue weighted by molar-refractivity contribution is 7.89. The second kappa shape index (κ2) is 3.78. The van der Waals surface area contributed by atoms with Crippen molar-refractivity contribution >= 4 is 10.0 Å². The normalized spacial score (nSPS) is 12.1.